The molecule has 6 nitrogen and oxygen atoms in total. The molecule has 0 aliphatic rings. The largest absolute Gasteiger partial charge is 0.478 e. The van der Waals surface area contributed by atoms with Crippen LogP contribution in [0.25, 0.3) is 0 Å². The zero-order valence-electron chi connectivity index (χ0n) is 12.5. The molecule has 0 bridgehead atoms. The van der Waals surface area contributed by atoms with Crippen LogP contribution >= 0.6 is 11.3 Å². The number of hydrogen-bond donors (Lipinski definition) is 2. The predicted octanol–water partition coefficient (Wildman–Crippen LogP) is 2.45. The second-order valence-electron chi connectivity index (χ2n) is 5.18. The molecule has 8 heteroatoms. The van der Waals surface area contributed by atoms with E-state index in [0.29, 0.717) is 10.8 Å². The summed E-state index contributed by atoms with van der Waals surface area (Å²) < 4.78 is 18.4. The summed E-state index contributed by atoms with van der Waals surface area (Å²) in [5.74, 6) is -1.53. The lowest BCUT2D eigenvalue weighted by atomic mass is 10.1. The Kier molecular flexibility index (Phi) is 4.95. The topological polar surface area (TPSA) is 88.5 Å². The molecule has 0 unspecified atom stereocenters. The van der Waals surface area contributed by atoms with Crippen molar-refractivity contribution in [2.24, 2.45) is 0 Å². The highest BCUT2D eigenvalue weighted by molar-refractivity contribution is 7.09. The normalized spacial score (nSPS) is 11.1. The minimum Gasteiger partial charge on any atom is -0.478 e. The zero-order valence-corrected chi connectivity index (χ0v) is 13.3. The fourth-order valence-corrected chi connectivity index (χ4v) is 2.41. The molecule has 0 atom stereocenters. The molecule has 1 aromatic heterocycles. The van der Waals surface area contributed by atoms with E-state index in [2.05, 4.69) is 10.3 Å². The summed E-state index contributed by atoms with van der Waals surface area (Å²) in [4.78, 5) is 26.8. The maximum atomic E-state index is 12.9. The van der Waals surface area contributed by atoms with Gasteiger partial charge in [-0.15, -0.1) is 11.3 Å². The fourth-order valence-electron chi connectivity index (χ4n) is 1.70. The van der Waals surface area contributed by atoms with Gasteiger partial charge in [-0.3, -0.25) is 4.79 Å². The van der Waals surface area contributed by atoms with Crippen LogP contribution in [-0.2, 0) is 11.3 Å². The lowest BCUT2D eigenvalue weighted by Gasteiger charge is -2.25. The summed E-state index contributed by atoms with van der Waals surface area (Å²) in [5, 5.41) is 13.3. The van der Waals surface area contributed by atoms with Crippen molar-refractivity contribution < 1.29 is 23.8 Å². The fraction of sp³-hybridized carbons (Fsp3) is 0.267. The highest BCUT2D eigenvalue weighted by Gasteiger charge is 2.30. The molecule has 122 valence electrons. The number of amides is 1. The molecule has 2 rings (SSSR count). The van der Waals surface area contributed by atoms with Crippen molar-refractivity contribution >= 4 is 23.2 Å². The number of benzene rings is 1. The van der Waals surface area contributed by atoms with Crippen LogP contribution < -0.4 is 10.1 Å². The second-order valence-corrected chi connectivity index (χ2v) is 6.12. The van der Waals surface area contributed by atoms with Crippen LogP contribution in [0.15, 0.2) is 29.6 Å². The van der Waals surface area contributed by atoms with Crippen molar-refractivity contribution in [2.45, 2.75) is 26.0 Å². The molecule has 23 heavy (non-hydrogen) atoms. The summed E-state index contributed by atoms with van der Waals surface area (Å²) in [6.45, 7) is 3.26. The number of rotatable bonds is 6. The van der Waals surface area contributed by atoms with E-state index in [4.69, 9.17) is 9.84 Å². The second kappa shape index (κ2) is 6.74. The smallest absolute Gasteiger partial charge is 0.355 e. The number of nitrogens with zero attached hydrogens (tertiary/aromatic N) is 1. The van der Waals surface area contributed by atoms with Gasteiger partial charge in [0.1, 0.15) is 16.6 Å². The van der Waals surface area contributed by atoms with E-state index in [0.717, 1.165) is 11.3 Å². The number of aromatic carboxylic acids is 1. The van der Waals surface area contributed by atoms with Crippen molar-refractivity contribution in [3.8, 4) is 5.75 Å². The van der Waals surface area contributed by atoms with E-state index in [1.54, 1.807) is 13.8 Å². The Morgan fingerprint density at radius 2 is 2.00 bits per heavy atom. The molecule has 1 amide bonds. The van der Waals surface area contributed by atoms with Crippen molar-refractivity contribution in [3.05, 3.63) is 46.2 Å². The van der Waals surface area contributed by atoms with Crippen LogP contribution in [0, 0.1) is 5.82 Å². The Labute approximate surface area is 135 Å². The number of carboxylic acids is 1. The van der Waals surface area contributed by atoms with Gasteiger partial charge >= 0.3 is 5.97 Å². The highest BCUT2D eigenvalue weighted by atomic mass is 32.1. The summed E-state index contributed by atoms with van der Waals surface area (Å²) in [7, 11) is 0. The molecule has 2 aromatic rings. The Balaban J connectivity index is 1.94. The lowest BCUT2D eigenvalue weighted by molar-refractivity contribution is -0.134. The molecule has 0 spiro atoms. The molecular formula is C15H15FN2O4S. The number of carbonyl (C=O) groups is 2. The SMILES string of the molecule is CC(C)(Oc1ccc(F)cc1)C(=O)NCc1nc(C(=O)O)cs1. The van der Waals surface area contributed by atoms with Gasteiger partial charge in [-0.2, -0.15) is 0 Å². The first-order chi connectivity index (χ1) is 10.8. The van der Waals surface area contributed by atoms with E-state index in [1.807, 2.05) is 0 Å². The van der Waals surface area contributed by atoms with Gasteiger partial charge in [-0.25, -0.2) is 14.2 Å². The molecule has 0 fully saturated rings. The van der Waals surface area contributed by atoms with E-state index in [-0.39, 0.29) is 12.2 Å². The standard InChI is InChI=1S/C15H15FN2O4S/c1-15(2,22-10-5-3-9(16)4-6-10)14(21)17-7-12-18-11(8-23-12)13(19)20/h3-6,8H,7H2,1-2H3,(H,17,21)(H,19,20). The molecule has 1 heterocycles. The van der Waals surface area contributed by atoms with Crippen LogP contribution in [0.2, 0.25) is 0 Å². The molecule has 0 saturated heterocycles. The van der Waals surface area contributed by atoms with Crippen molar-refractivity contribution in [2.75, 3.05) is 0 Å². The van der Waals surface area contributed by atoms with Crippen molar-refractivity contribution in [1.82, 2.24) is 10.3 Å². The first kappa shape index (κ1) is 16.9. The Morgan fingerprint density at radius 3 is 2.57 bits per heavy atom. The molecule has 1 aromatic carbocycles. The lowest BCUT2D eigenvalue weighted by Crippen LogP contribution is -2.46. The number of carboxylic acid groups (broad SMARTS) is 1. The minimum absolute atomic E-state index is 0.0546. The van der Waals surface area contributed by atoms with E-state index in [9.17, 15) is 14.0 Å². The van der Waals surface area contributed by atoms with Gasteiger partial charge in [0.2, 0.25) is 0 Å². The van der Waals surface area contributed by atoms with Crippen LogP contribution in [0.1, 0.15) is 29.3 Å². The molecular weight excluding hydrogens is 323 g/mol. The Bertz CT molecular complexity index is 713. The van der Waals surface area contributed by atoms with Crippen LogP contribution in [-0.4, -0.2) is 27.6 Å². The molecule has 2 N–H and O–H groups in total. The molecule has 0 saturated carbocycles. The Hall–Kier alpha value is -2.48. The average Bonchev–Trinajstić information content (AvgIpc) is 2.96. The number of thiazole rings is 1. The number of hydrogen-bond acceptors (Lipinski definition) is 5. The number of aromatic nitrogens is 1. The average molecular weight is 338 g/mol. The van der Waals surface area contributed by atoms with Crippen LogP contribution in [0.4, 0.5) is 4.39 Å². The van der Waals surface area contributed by atoms with Crippen molar-refractivity contribution in [3.63, 3.8) is 0 Å². The quantitative estimate of drug-likeness (QED) is 0.844. The predicted molar refractivity (Wildman–Crippen MR) is 82.0 cm³/mol. The summed E-state index contributed by atoms with van der Waals surface area (Å²) >= 11 is 1.15. The monoisotopic (exact) mass is 338 g/mol. The molecule has 0 aliphatic carbocycles. The van der Waals surface area contributed by atoms with Gasteiger partial charge in [0.25, 0.3) is 5.91 Å². The summed E-state index contributed by atoms with van der Waals surface area (Å²) in [5.41, 5.74) is -1.23. The zero-order chi connectivity index (χ0) is 17.0. The number of halogens is 1. The maximum Gasteiger partial charge on any atom is 0.355 e. The Morgan fingerprint density at radius 1 is 1.35 bits per heavy atom. The number of nitrogens with one attached hydrogen (secondary N) is 1. The minimum atomic E-state index is -1.18. The van der Waals surface area contributed by atoms with Gasteiger partial charge in [0.15, 0.2) is 11.3 Å². The molecule has 0 radical (unpaired) electrons. The van der Waals surface area contributed by atoms with E-state index in [1.165, 1.54) is 29.6 Å². The van der Waals surface area contributed by atoms with Gasteiger partial charge in [-0.05, 0) is 38.1 Å². The van der Waals surface area contributed by atoms with Gasteiger partial charge in [0.05, 0.1) is 6.54 Å². The third-order valence-corrected chi connectivity index (χ3v) is 3.75. The number of ether oxygens (including phenoxy) is 1. The third kappa shape index (κ3) is 4.49. The first-order valence-corrected chi connectivity index (χ1v) is 7.56. The van der Waals surface area contributed by atoms with E-state index >= 15 is 0 Å². The number of carbonyl (C=O) groups excluding carboxylic acids is 1. The van der Waals surface area contributed by atoms with Gasteiger partial charge < -0.3 is 15.2 Å². The third-order valence-electron chi connectivity index (χ3n) is 2.90. The summed E-state index contributed by atoms with van der Waals surface area (Å²) in [6, 6.07) is 5.35. The van der Waals surface area contributed by atoms with Crippen LogP contribution in [0.5, 0.6) is 5.75 Å². The summed E-state index contributed by atoms with van der Waals surface area (Å²) in [6.07, 6.45) is 0. The van der Waals surface area contributed by atoms with Gasteiger partial charge in [-0.1, -0.05) is 0 Å². The maximum absolute atomic E-state index is 12.9. The van der Waals surface area contributed by atoms with Crippen molar-refractivity contribution in [1.29, 1.82) is 0 Å². The molecule has 0 aliphatic heterocycles. The van der Waals surface area contributed by atoms with Crippen LogP contribution in [0.3, 0.4) is 0 Å². The highest BCUT2D eigenvalue weighted by Crippen LogP contribution is 2.19. The van der Waals surface area contributed by atoms with Gasteiger partial charge in [0, 0.05) is 5.38 Å². The first-order valence-electron chi connectivity index (χ1n) is 6.68. The van der Waals surface area contributed by atoms with E-state index < -0.39 is 23.3 Å².